The maximum absolute atomic E-state index is 12.0. The van der Waals surface area contributed by atoms with Gasteiger partial charge in [-0.15, -0.1) is 11.3 Å². The highest BCUT2D eigenvalue weighted by molar-refractivity contribution is 7.94. The molecule has 2 heterocycles. The van der Waals surface area contributed by atoms with E-state index in [9.17, 15) is 16.8 Å². The monoisotopic (exact) mass is 322 g/mol. The Morgan fingerprint density at radius 3 is 2.58 bits per heavy atom. The summed E-state index contributed by atoms with van der Waals surface area (Å²) in [5.74, 6) is -0.321. The van der Waals surface area contributed by atoms with Crippen LogP contribution in [-0.2, 0) is 27.1 Å². The average Bonchev–Trinajstić information content (AvgIpc) is 2.85. The molecular weight excluding hydrogens is 312 g/mol. The van der Waals surface area contributed by atoms with E-state index in [0.717, 1.165) is 22.2 Å². The summed E-state index contributed by atoms with van der Waals surface area (Å²) in [6.07, 6.45) is 1.13. The second-order valence-corrected chi connectivity index (χ2v) is 7.99. The van der Waals surface area contributed by atoms with Gasteiger partial charge in [0.25, 0.3) is 10.0 Å². The van der Waals surface area contributed by atoms with Gasteiger partial charge in [0.15, 0.2) is 5.82 Å². The quantitative estimate of drug-likeness (QED) is 0.815. The van der Waals surface area contributed by atoms with E-state index < -0.39 is 20.0 Å². The SMILES string of the molecule is Cn1cc(S(N)(=O)=O)c(NS(=O)(=O)c2cccs2)n1. The molecule has 0 aliphatic carbocycles. The lowest BCUT2D eigenvalue weighted by Gasteiger charge is -2.04. The van der Waals surface area contributed by atoms with Crippen LogP contribution in [-0.4, -0.2) is 26.6 Å². The molecule has 19 heavy (non-hydrogen) atoms. The van der Waals surface area contributed by atoms with Crippen LogP contribution < -0.4 is 9.86 Å². The summed E-state index contributed by atoms with van der Waals surface area (Å²) in [4.78, 5) is -0.380. The fraction of sp³-hybridized carbons (Fsp3) is 0.125. The van der Waals surface area contributed by atoms with Crippen molar-refractivity contribution in [3.63, 3.8) is 0 Å². The van der Waals surface area contributed by atoms with Gasteiger partial charge in [0, 0.05) is 13.2 Å². The molecular formula is C8H10N4O4S3. The molecule has 0 aliphatic rings. The number of nitrogens with zero attached hydrogens (tertiary/aromatic N) is 2. The van der Waals surface area contributed by atoms with Crippen LogP contribution in [0.25, 0.3) is 0 Å². The second-order valence-electron chi connectivity index (χ2n) is 3.60. The number of aryl methyl sites for hydroxylation is 1. The third-order valence-electron chi connectivity index (χ3n) is 2.09. The van der Waals surface area contributed by atoms with Gasteiger partial charge in [-0.2, -0.15) is 5.10 Å². The molecule has 0 spiro atoms. The number of nitrogens with one attached hydrogen (secondary N) is 1. The van der Waals surface area contributed by atoms with Gasteiger partial charge in [0.2, 0.25) is 10.0 Å². The minimum Gasteiger partial charge on any atom is -0.272 e. The number of rotatable bonds is 4. The first-order valence-corrected chi connectivity index (χ1v) is 8.74. The van der Waals surface area contributed by atoms with Crippen molar-refractivity contribution in [1.29, 1.82) is 0 Å². The molecule has 2 aromatic heterocycles. The van der Waals surface area contributed by atoms with Crippen molar-refractivity contribution in [3.05, 3.63) is 23.7 Å². The Labute approximate surface area is 114 Å². The van der Waals surface area contributed by atoms with E-state index in [4.69, 9.17) is 5.14 Å². The predicted molar refractivity (Wildman–Crippen MR) is 69.7 cm³/mol. The second kappa shape index (κ2) is 4.59. The molecule has 8 nitrogen and oxygen atoms in total. The number of hydrogen-bond acceptors (Lipinski definition) is 6. The molecule has 0 saturated carbocycles. The number of anilines is 1. The smallest absolute Gasteiger partial charge is 0.272 e. The Hall–Kier alpha value is -1.43. The molecule has 104 valence electrons. The summed E-state index contributed by atoms with van der Waals surface area (Å²) in [6, 6.07) is 2.96. The lowest BCUT2D eigenvalue weighted by molar-refractivity contribution is 0.598. The van der Waals surface area contributed by atoms with Gasteiger partial charge < -0.3 is 0 Å². The average molecular weight is 322 g/mol. The molecule has 3 N–H and O–H groups in total. The number of hydrogen-bond donors (Lipinski definition) is 2. The number of sulfonamides is 2. The zero-order valence-corrected chi connectivity index (χ0v) is 12.1. The van der Waals surface area contributed by atoms with Gasteiger partial charge in [-0.25, -0.2) is 22.0 Å². The molecule has 11 heteroatoms. The molecule has 0 amide bonds. The van der Waals surface area contributed by atoms with Crippen molar-refractivity contribution in [2.45, 2.75) is 9.10 Å². The van der Waals surface area contributed by atoms with E-state index in [1.807, 2.05) is 0 Å². The van der Waals surface area contributed by atoms with E-state index in [1.54, 1.807) is 11.4 Å². The Kier molecular flexibility index (Phi) is 3.38. The molecule has 0 unspecified atom stereocenters. The van der Waals surface area contributed by atoms with Crippen molar-refractivity contribution < 1.29 is 16.8 Å². The summed E-state index contributed by atoms with van der Waals surface area (Å²) in [7, 11) is -6.47. The van der Waals surface area contributed by atoms with Crippen LogP contribution in [0.5, 0.6) is 0 Å². The van der Waals surface area contributed by atoms with E-state index in [2.05, 4.69) is 9.82 Å². The van der Waals surface area contributed by atoms with E-state index in [-0.39, 0.29) is 14.9 Å². The van der Waals surface area contributed by atoms with Crippen LogP contribution in [0, 0.1) is 0 Å². The molecule has 0 atom stereocenters. The Balaban J connectivity index is 2.46. The minimum absolute atomic E-state index is 0.0542. The summed E-state index contributed by atoms with van der Waals surface area (Å²) >= 11 is 1.00. The molecule has 0 radical (unpaired) electrons. The topological polar surface area (TPSA) is 124 Å². The first-order valence-electron chi connectivity index (χ1n) is 4.83. The minimum atomic E-state index is -4.06. The first kappa shape index (κ1) is 14.0. The van der Waals surface area contributed by atoms with Crippen LogP contribution in [0.3, 0.4) is 0 Å². The zero-order chi connectivity index (χ0) is 14.3. The van der Waals surface area contributed by atoms with Gasteiger partial charge in [0.1, 0.15) is 9.10 Å². The number of thiophene rings is 1. The fourth-order valence-electron chi connectivity index (χ4n) is 1.34. The molecule has 0 aliphatic heterocycles. The van der Waals surface area contributed by atoms with Crippen LogP contribution in [0.1, 0.15) is 0 Å². The normalized spacial score (nSPS) is 12.5. The number of nitrogens with two attached hydrogens (primary N) is 1. The molecule has 0 saturated heterocycles. The molecule has 2 rings (SSSR count). The van der Waals surface area contributed by atoms with Gasteiger partial charge in [-0.1, -0.05) is 6.07 Å². The Morgan fingerprint density at radius 1 is 1.37 bits per heavy atom. The first-order chi connectivity index (χ1) is 8.70. The van der Waals surface area contributed by atoms with Gasteiger partial charge in [0.05, 0.1) is 0 Å². The highest BCUT2D eigenvalue weighted by Crippen LogP contribution is 2.23. The van der Waals surface area contributed by atoms with Crippen molar-refractivity contribution in [2.75, 3.05) is 4.72 Å². The van der Waals surface area contributed by atoms with E-state index >= 15 is 0 Å². The highest BCUT2D eigenvalue weighted by atomic mass is 32.2. The maximum atomic E-state index is 12.0. The standard InChI is InChI=1S/C8H10N4O4S3/c1-12-5-6(18(9,13)14)8(10-12)11-19(15,16)7-3-2-4-17-7/h2-5H,1H3,(H,10,11)(H2,9,13,14). The molecule has 2 aromatic rings. The summed E-state index contributed by atoms with van der Waals surface area (Å²) in [5.41, 5.74) is 0. The Bertz CT molecular complexity index is 789. The predicted octanol–water partition coefficient (Wildman–Crippen LogP) is -0.0702. The largest absolute Gasteiger partial charge is 0.272 e. The Morgan fingerprint density at radius 2 is 2.05 bits per heavy atom. The van der Waals surface area contributed by atoms with Crippen molar-refractivity contribution in [3.8, 4) is 0 Å². The van der Waals surface area contributed by atoms with E-state index in [1.165, 1.54) is 13.1 Å². The van der Waals surface area contributed by atoms with Crippen LogP contribution in [0.4, 0.5) is 5.82 Å². The van der Waals surface area contributed by atoms with Gasteiger partial charge in [-0.05, 0) is 11.4 Å². The highest BCUT2D eigenvalue weighted by Gasteiger charge is 2.24. The summed E-state index contributed by atoms with van der Waals surface area (Å²) in [6.45, 7) is 0. The lowest BCUT2D eigenvalue weighted by Crippen LogP contribution is -2.17. The van der Waals surface area contributed by atoms with Gasteiger partial charge >= 0.3 is 0 Å². The maximum Gasteiger partial charge on any atom is 0.272 e. The van der Waals surface area contributed by atoms with Crippen LogP contribution >= 0.6 is 11.3 Å². The van der Waals surface area contributed by atoms with Crippen molar-refractivity contribution in [1.82, 2.24) is 9.78 Å². The third-order valence-corrected chi connectivity index (χ3v) is 5.74. The molecule has 0 bridgehead atoms. The lowest BCUT2D eigenvalue weighted by atomic mass is 10.7. The summed E-state index contributed by atoms with van der Waals surface area (Å²) in [5, 5.41) is 10.3. The van der Waals surface area contributed by atoms with Crippen LogP contribution in [0.2, 0.25) is 0 Å². The van der Waals surface area contributed by atoms with Crippen molar-refractivity contribution >= 4 is 37.2 Å². The van der Waals surface area contributed by atoms with E-state index in [0.29, 0.717) is 0 Å². The zero-order valence-electron chi connectivity index (χ0n) is 9.64. The van der Waals surface area contributed by atoms with Crippen molar-refractivity contribution in [2.24, 2.45) is 12.2 Å². The number of primary sulfonamides is 1. The molecule has 0 fully saturated rings. The van der Waals surface area contributed by atoms with Crippen LogP contribution in [0.15, 0.2) is 32.8 Å². The third kappa shape index (κ3) is 2.94. The number of aromatic nitrogens is 2. The fourth-order valence-corrected chi connectivity index (χ4v) is 4.08. The van der Waals surface area contributed by atoms with Gasteiger partial charge in [-0.3, -0.25) is 9.40 Å². The molecule has 0 aromatic carbocycles. The summed E-state index contributed by atoms with van der Waals surface area (Å²) < 4.78 is 49.9.